The zero-order valence-electron chi connectivity index (χ0n) is 21.2. The van der Waals surface area contributed by atoms with Crippen LogP contribution < -0.4 is 15.5 Å². The Morgan fingerprint density at radius 2 is 1.78 bits per heavy atom. The average Bonchev–Trinajstić information content (AvgIpc) is 2.95. The Labute approximate surface area is 216 Å². The molecule has 1 aromatic heterocycles. The van der Waals surface area contributed by atoms with Gasteiger partial charge in [0.1, 0.15) is 5.60 Å². The second-order valence-corrected chi connectivity index (χ2v) is 10.5. The highest BCUT2D eigenvalue weighted by molar-refractivity contribution is 6.16. The zero-order valence-corrected chi connectivity index (χ0v) is 21.2. The van der Waals surface area contributed by atoms with Gasteiger partial charge in [0.25, 0.3) is 5.91 Å². The number of rotatable bonds is 5. The fourth-order valence-electron chi connectivity index (χ4n) is 4.75. The lowest BCUT2D eigenvalue weighted by atomic mass is 9.71. The van der Waals surface area contributed by atoms with Gasteiger partial charge in [0.15, 0.2) is 11.6 Å². The third kappa shape index (κ3) is 4.91. The van der Waals surface area contributed by atoms with Gasteiger partial charge in [0.05, 0.1) is 29.0 Å². The topological polar surface area (TPSA) is 101 Å². The maximum absolute atomic E-state index is 13.5. The number of aromatic nitrogens is 1. The van der Waals surface area contributed by atoms with Crippen molar-refractivity contribution in [3.8, 4) is 0 Å². The molecule has 1 fully saturated rings. The van der Waals surface area contributed by atoms with Crippen molar-refractivity contribution in [3.05, 3.63) is 83.6 Å². The molecule has 190 valence electrons. The molecule has 37 heavy (non-hydrogen) atoms. The van der Waals surface area contributed by atoms with Crippen LogP contribution in [0.1, 0.15) is 66.3 Å². The first-order chi connectivity index (χ1) is 17.7. The second kappa shape index (κ2) is 9.35. The van der Waals surface area contributed by atoms with E-state index in [9.17, 15) is 14.4 Å². The van der Waals surface area contributed by atoms with Crippen LogP contribution in [-0.2, 0) is 10.3 Å². The van der Waals surface area contributed by atoms with Gasteiger partial charge in [-0.2, -0.15) is 0 Å². The Morgan fingerprint density at radius 1 is 1.05 bits per heavy atom. The minimum Gasteiger partial charge on any atom is -0.444 e. The van der Waals surface area contributed by atoms with Gasteiger partial charge >= 0.3 is 6.09 Å². The van der Waals surface area contributed by atoms with Crippen LogP contribution in [0.5, 0.6) is 0 Å². The van der Waals surface area contributed by atoms with E-state index in [0.29, 0.717) is 28.3 Å². The number of amides is 2. The number of carbonyl (C=O) groups excluding carboxylic acids is 3. The Balaban J connectivity index is 1.36. The van der Waals surface area contributed by atoms with Crippen molar-refractivity contribution in [2.75, 3.05) is 16.8 Å². The highest BCUT2D eigenvalue weighted by Gasteiger charge is 2.41. The third-order valence-electron chi connectivity index (χ3n) is 6.74. The van der Waals surface area contributed by atoms with Gasteiger partial charge in [-0.3, -0.25) is 14.5 Å². The first-order valence-corrected chi connectivity index (χ1v) is 12.4. The van der Waals surface area contributed by atoms with Gasteiger partial charge in [-0.15, -0.1) is 0 Å². The van der Waals surface area contributed by atoms with E-state index < -0.39 is 17.2 Å². The number of alkyl carbamates (subject to hydrolysis) is 1. The first-order valence-electron chi connectivity index (χ1n) is 12.4. The van der Waals surface area contributed by atoms with Crippen LogP contribution >= 0.6 is 0 Å². The number of anilines is 3. The molecule has 2 aromatic carbocycles. The molecule has 3 aromatic rings. The summed E-state index contributed by atoms with van der Waals surface area (Å²) in [6, 6.07) is 18.0. The molecule has 0 spiro atoms. The summed E-state index contributed by atoms with van der Waals surface area (Å²) in [5.41, 5.74) is 2.01. The standard InChI is InChI=1S/C29H30N4O4/c1-28(2,3)37-27(36)32-29(15-7-16-29)20-13-11-19(12-14-20)24(34)18-33-23-10-6-17-30-25(23)31-22-9-5-4-8-21(22)26(33)35/h4-6,8-14,17H,7,15-16,18H2,1-3H3,(H,30,31)(H,32,36). The van der Waals surface area contributed by atoms with E-state index in [-0.39, 0.29) is 18.2 Å². The van der Waals surface area contributed by atoms with Gasteiger partial charge in [0, 0.05) is 11.8 Å². The molecule has 8 nitrogen and oxygen atoms in total. The number of hydrogen-bond donors (Lipinski definition) is 2. The van der Waals surface area contributed by atoms with Crippen molar-refractivity contribution in [1.29, 1.82) is 0 Å². The van der Waals surface area contributed by atoms with Crippen molar-refractivity contribution in [2.45, 2.75) is 51.2 Å². The number of para-hydroxylation sites is 1. The summed E-state index contributed by atoms with van der Waals surface area (Å²) >= 11 is 0. The molecule has 2 amide bonds. The van der Waals surface area contributed by atoms with Crippen LogP contribution in [0, 0.1) is 0 Å². The lowest BCUT2D eigenvalue weighted by molar-refractivity contribution is 0.0377. The normalized spacial score (nSPS) is 15.9. The summed E-state index contributed by atoms with van der Waals surface area (Å²) in [6.45, 7) is 5.37. The molecule has 2 aliphatic rings. The molecular formula is C29H30N4O4. The summed E-state index contributed by atoms with van der Waals surface area (Å²) in [4.78, 5) is 45.1. The maximum atomic E-state index is 13.5. The van der Waals surface area contributed by atoms with Gasteiger partial charge in [-0.05, 0) is 69.9 Å². The maximum Gasteiger partial charge on any atom is 0.408 e. The van der Waals surface area contributed by atoms with E-state index in [2.05, 4.69) is 15.6 Å². The van der Waals surface area contributed by atoms with Crippen LogP contribution in [0.4, 0.5) is 22.0 Å². The molecule has 8 heteroatoms. The predicted molar refractivity (Wildman–Crippen MR) is 141 cm³/mol. The van der Waals surface area contributed by atoms with Gasteiger partial charge < -0.3 is 15.4 Å². The van der Waals surface area contributed by atoms with Crippen molar-refractivity contribution >= 4 is 35.0 Å². The lowest BCUT2D eigenvalue weighted by Gasteiger charge is -2.43. The Kier molecular flexibility index (Phi) is 6.19. The molecular weight excluding hydrogens is 468 g/mol. The van der Waals surface area contributed by atoms with E-state index >= 15 is 0 Å². The summed E-state index contributed by atoms with van der Waals surface area (Å²) in [7, 11) is 0. The van der Waals surface area contributed by atoms with E-state index in [0.717, 1.165) is 24.8 Å². The third-order valence-corrected chi connectivity index (χ3v) is 6.74. The second-order valence-electron chi connectivity index (χ2n) is 10.5. The van der Waals surface area contributed by atoms with E-state index in [1.54, 1.807) is 42.6 Å². The van der Waals surface area contributed by atoms with Crippen LogP contribution in [0.3, 0.4) is 0 Å². The molecule has 0 radical (unpaired) electrons. The van der Waals surface area contributed by atoms with Crippen molar-refractivity contribution in [2.24, 2.45) is 0 Å². The predicted octanol–water partition coefficient (Wildman–Crippen LogP) is 5.57. The SMILES string of the molecule is CC(C)(C)OC(=O)NC1(c2ccc(C(=O)CN3C(=O)c4ccccc4Nc4ncccc43)cc2)CCC1. The van der Waals surface area contributed by atoms with E-state index in [1.165, 1.54) is 4.90 Å². The Bertz CT molecular complexity index is 1360. The summed E-state index contributed by atoms with van der Waals surface area (Å²) in [5, 5.41) is 6.25. The highest BCUT2D eigenvalue weighted by atomic mass is 16.6. The molecule has 0 saturated heterocycles. The molecule has 0 unspecified atom stereocenters. The molecule has 5 rings (SSSR count). The average molecular weight is 499 g/mol. The fourth-order valence-corrected chi connectivity index (χ4v) is 4.75. The Hall–Kier alpha value is -4.20. The summed E-state index contributed by atoms with van der Waals surface area (Å²) in [6.07, 6.45) is 3.80. The van der Waals surface area contributed by atoms with Crippen LogP contribution in [0.2, 0.25) is 0 Å². The Morgan fingerprint density at radius 3 is 2.46 bits per heavy atom. The number of ketones is 1. The van der Waals surface area contributed by atoms with E-state index in [4.69, 9.17) is 4.74 Å². The molecule has 0 bridgehead atoms. The number of pyridine rings is 1. The fraction of sp³-hybridized carbons (Fsp3) is 0.310. The van der Waals surface area contributed by atoms with Crippen LogP contribution in [0.15, 0.2) is 66.9 Å². The molecule has 1 saturated carbocycles. The number of Topliss-reactive ketones (excluding diaryl/α,β-unsaturated/α-hetero) is 1. The molecule has 1 aliphatic carbocycles. The number of ether oxygens (including phenoxy) is 1. The number of benzene rings is 2. The monoisotopic (exact) mass is 498 g/mol. The number of carbonyl (C=O) groups is 3. The summed E-state index contributed by atoms with van der Waals surface area (Å²) in [5.74, 6) is 0.0516. The van der Waals surface area contributed by atoms with Crippen molar-refractivity contribution in [3.63, 3.8) is 0 Å². The van der Waals surface area contributed by atoms with Gasteiger partial charge in [-0.1, -0.05) is 36.4 Å². The largest absolute Gasteiger partial charge is 0.444 e. The van der Waals surface area contributed by atoms with E-state index in [1.807, 2.05) is 45.0 Å². The summed E-state index contributed by atoms with van der Waals surface area (Å²) < 4.78 is 5.46. The minimum absolute atomic E-state index is 0.131. The van der Waals surface area contributed by atoms with Gasteiger partial charge in [-0.25, -0.2) is 9.78 Å². The lowest BCUT2D eigenvalue weighted by Crippen LogP contribution is -2.52. The van der Waals surface area contributed by atoms with Crippen molar-refractivity contribution < 1.29 is 19.1 Å². The number of fused-ring (bicyclic) bond motifs is 2. The van der Waals surface area contributed by atoms with Crippen LogP contribution in [-0.4, -0.2) is 34.9 Å². The first kappa shape index (κ1) is 24.5. The molecule has 0 atom stereocenters. The quantitative estimate of drug-likeness (QED) is 0.446. The zero-order chi connectivity index (χ0) is 26.2. The smallest absolute Gasteiger partial charge is 0.408 e. The highest BCUT2D eigenvalue weighted by Crippen LogP contribution is 2.41. The number of nitrogens with zero attached hydrogens (tertiary/aromatic N) is 2. The number of hydrogen-bond acceptors (Lipinski definition) is 6. The van der Waals surface area contributed by atoms with Crippen LogP contribution in [0.25, 0.3) is 0 Å². The number of nitrogens with one attached hydrogen (secondary N) is 2. The molecule has 2 heterocycles. The molecule has 2 N–H and O–H groups in total. The minimum atomic E-state index is -0.583. The van der Waals surface area contributed by atoms with Crippen molar-refractivity contribution in [1.82, 2.24) is 10.3 Å². The van der Waals surface area contributed by atoms with Gasteiger partial charge in [0.2, 0.25) is 0 Å². The molecule has 1 aliphatic heterocycles.